The summed E-state index contributed by atoms with van der Waals surface area (Å²) in [4.78, 5) is 12.5. The van der Waals surface area contributed by atoms with Crippen LogP contribution in [-0.4, -0.2) is 12.2 Å². The van der Waals surface area contributed by atoms with E-state index in [2.05, 4.69) is 0 Å². The van der Waals surface area contributed by atoms with Gasteiger partial charge in [0.15, 0.2) is 0 Å². The lowest BCUT2D eigenvalue weighted by Gasteiger charge is -2.16. The first-order valence-electron chi connectivity index (χ1n) is 7.54. The average molecular weight is 310 g/mol. The summed E-state index contributed by atoms with van der Waals surface area (Å²) in [6, 6.07) is 14.7. The third-order valence-corrected chi connectivity index (χ3v) is 4.08. The van der Waals surface area contributed by atoms with Crippen molar-refractivity contribution in [3.8, 4) is 11.5 Å². The van der Waals surface area contributed by atoms with E-state index in [1.807, 2.05) is 37.3 Å². The molecule has 4 heteroatoms. The molecule has 1 unspecified atom stereocenters. The van der Waals surface area contributed by atoms with Crippen LogP contribution in [0.1, 0.15) is 30.4 Å². The van der Waals surface area contributed by atoms with E-state index in [-0.39, 0.29) is 11.7 Å². The fourth-order valence-electron chi connectivity index (χ4n) is 2.91. The van der Waals surface area contributed by atoms with E-state index in [1.165, 1.54) is 7.11 Å². The van der Waals surface area contributed by atoms with Gasteiger partial charge in [-0.3, -0.25) is 0 Å². The molecular formula is C19H18O4. The van der Waals surface area contributed by atoms with Crippen molar-refractivity contribution in [2.75, 3.05) is 7.11 Å². The van der Waals surface area contributed by atoms with Gasteiger partial charge in [0.2, 0.25) is 0 Å². The molecule has 0 saturated heterocycles. The Morgan fingerprint density at radius 1 is 1.17 bits per heavy atom. The molecule has 0 amide bonds. The van der Waals surface area contributed by atoms with Crippen molar-refractivity contribution in [1.29, 1.82) is 0 Å². The number of ether oxygens (including phenoxy) is 1. The maximum atomic E-state index is 12.5. The molecule has 0 saturated carbocycles. The fraction of sp³-hybridized carbons (Fsp3) is 0.211. The molecule has 1 aromatic heterocycles. The number of methoxy groups -OCH3 is 1. The lowest BCUT2D eigenvalue weighted by Crippen LogP contribution is -2.13. The molecule has 0 aliphatic carbocycles. The number of hydrogen-bond donors (Lipinski definition) is 1. The van der Waals surface area contributed by atoms with E-state index in [4.69, 9.17) is 9.15 Å². The zero-order valence-corrected chi connectivity index (χ0v) is 13.1. The Labute approximate surface area is 134 Å². The highest BCUT2D eigenvalue weighted by atomic mass is 16.5. The van der Waals surface area contributed by atoms with Crippen LogP contribution in [0, 0.1) is 0 Å². The van der Waals surface area contributed by atoms with Crippen molar-refractivity contribution < 1.29 is 14.3 Å². The van der Waals surface area contributed by atoms with Crippen LogP contribution in [0.4, 0.5) is 0 Å². The molecular weight excluding hydrogens is 292 g/mol. The third-order valence-electron chi connectivity index (χ3n) is 4.08. The molecule has 0 aliphatic rings. The van der Waals surface area contributed by atoms with Crippen LogP contribution < -0.4 is 10.4 Å². The number of fused-ring (bicyclic) bond motifs is 1. The van der Waals surface area contributed by atoms with Gasteiger partial charge in [-0.2, -0.15) is 0 Å². The molecule has 3 aromatic rings. The Kier molecular flexibility index (Phi) is 4.06. The Balaban J connectivity index is 2.23. The second-order valence-corrected chi connectivity index (χ2v) is 5.39. The van der Waals surface area contributed by atoms with Gasteiger partial charge in [-0.25, -0.2) is 4.79 Å². The minimum atomic E-state index is -0.515. The van der Waals surface area contributed by atoms with Gasteiger partial charge in [0.25, 0.3) is 0 Å². The quantitative estimate of drug-likeness (QED) is 0.739. The Morgan fingerprint density at radius 2 is 1.91 bits per heavy atom. The van der Waals surface area contributed by atoms with Gasteiger partial charge in [0, 0.05) is 12.0 Å². The van der Waals surface area contributed by atoms with Crippen molar-refractivity contribution >= 4 is 11.0 Å². The monoisotopic (exact) mass is 310 g/mol. The summed E-state index contributed by atoms with van der Waals surface area (Å²) < 4.78 is 10.6. The molecule has 0 fully saturated rings. The van der Waals surface area contributed by atoms with Crippen molar-refractivity contribution in [2.45, 2.75) is 19.3 Å². The number of hydrogen-bond acceptors (Lipinski definition) is 4. The van der Waals surface area contributed by atoms with Crippen LogP contribution in [-0.2, 0) is 0 Å². The first kappa shape index (κ1) is 15.2. The molecule has 3 rings (SSSR count). The van der Waals surface area contributed by atoms with Crippen LogP contribution in [0.2, 0.25) is 0 Å². The number of rotatable bonds is 4. The molecule has 1 N–H and O–H groups in total. The summed E-state index contributed by atoms with van der Waals surface area (Å²) in [6.45, 7) is 1.98. The first-order valence-corrected chi connectivity index (χ1v) is 7.54. The standard InChI is InChI=1S/C19H18O4/c1-3-14(12-7-5-4-6-8-12)17-18(20)15-10-9-13(22-2)11-16(15)23-19(17)21/h4-11,14,20H,3H2,1-2H3. The van der Waals surface area contributed by atoms with E-state index in [9.17, 15) is 9.90 Å². The fourth-order valence-corrected chi connectivity index (χ4v) is 2.91. The zero-order chi connectivity index (χ0) is 16.4. The molecule has 0 radical (unpaired) electrons. The van der Waals surface area contributed by atoms with E-state index < -0.39 is 5.63 Å². The van der Waals surface area contributed by atoms with Crippen LogP contribution in [0.15, 0.2) is 57.7 Å². The van der Waals surface area contributed by atoms with Gasteiger partial charge < -0.3 is 14.3 Å². The van der Waals surface area contributed by atoms with Gasteiger partial charge >= 0.3 is 5.63 Å². The van der Waals surface area contributed by atoms with Crippen LogP contribution in [0.5, 0.6) is 11.5 Å². The maximum absolute atomic E-state index is 12.5. The Morgan fingerprint density at radius 3 is 2.57 bits per heavy atom. The largest absolute Gasteiger partial charge is 0.507 e. The minimum absolute atomic E-state index is 0.0189. The number of aromatic hydroxyl groups is 1. The van der Waals surface area contributed by atoms with Gasteiger partial charge in [0.1, 0.15) is 17.1 Å². The van der Waals surface area contributed by atoms with Gasteiger partial charge in [-0.15, -0.1) is 0 Å². The Hall–Kier alpha value is -2.75. The maximum Gasteiger partial charge on any atom is 0.343 e. The molecule has 1 heterocycles. The summed E-state index contributed by atoms with van der Waals surface area (Å²) in [5.74, 6) is 0.344. The summed E-state index contributed by atoms with van der Waals surface area (Å²) in [6.07, 6.45) is 0.685. The molecule has 23 heavy (non-hydrogen) atoms. The molecule has 0 spiro atoms. The predicted molar refractivity (Wildman–Crippen MR) is 89.3 cm³/mol. The molecule has 118 valence electrons. The zero-order valence-electron chi connectivity index (χ0n) is 13.1. The molecule has 0 bridgehead atoms. The van der Waals surface area contributed by atoms with E-state index >= 15 is 0 Å². The van der Waals surface area contributed by atoms with E-state index in [1.54, 1.807) is 18.2 Å². The summed E-state index contributed by atoms with van der Waals surface area (Å²) >= 11 is 0. The smallest absolute Gasteiger partial charge is 0.343 e. The lowest BCUT2D eigenvalue weighted by atomic mass is 9.89. The normalized spacial score (nSPS) is 12.3. The molecule has 0 aliphatic heterocycles. The average Bonchev–Trinajstić information content (AvgIpc) is 2.58. The van der Waals surface area contributed by atoms with Crippen molar-refractivity contribution in [3.63, 3.8) is 0 Å². The Bertz CT molecular complexity index is 881. The highest BCUT2D eigenvalue weighted by molar-refractivity contribution is 5.85. The molecule has 2 aromatic carbocycles. The number of benzene rings is 2. The highest BCUT2D eigenvalue weighted by Gasteiger charge is 2.23. The van der Waals surface area contributed by atoms with Crippen molar-refractivity contribution in [1.82, 2.24) is 0 Å². The summed E-state index contributed by atoms with van der Waals surface area (Å²) in [7, 11) is 1.54. The van der Waals surface area contributed by atoms with Crippen molar-refractivity contribution in [3.05, 3.63) is 70.1 Å². The molecule has 1 atom stereocenters. The minimum Gasteiger partial charge on any atom is -0.507 e. The topological polar surface area (TPSA) is 59.7 Å². The second-order valence-electron chi connectivity index (χ2n) is 5.39. The second kappa shape index (κ2) is 6.16. The predicted octanol–water partition coefficient (Wildman–Crippen LogP) is 4.05. The highest BCUT2D eigenvalue weighted by Crippen LogP contribution is 2.36. The van der Waals surface area contributed by atoms with E-state index in [0.717, 1.165) is 5.56 Å². The summed E-state index contributed by atoms with van der Waals surface area (Å²) in [5, 5.41) is 11.2. The van der Waals surface area contributed by atoms with Crippen LogP contribution in [0.25, 0.3) is 11.0 Å². The first-order chi connectivity index (χ1) is 11.2. The van der Waals surface area contributed by atoms with Crippen molar-refractivity contribution in [2.24, 2.45) is 0 Å². The SMILES string of the molecule is CCC(c1ccccc1)c1c(O)c2ccc(OC)cc2oc1=O. The lowest BCUT2D eigenvalue weighted by molar-refractivity contribution is 0.413. The van der Waals surface area contributed by atoms with Gasteiger partial charge in [0.05, 0.1) is 18.1 Å². The molecule has 4 nitrogen and oxygen atoms in total. The van der Waals surface area contributed by atoms with Gasteiger partial charge in [-0.05, 0) is 24.1 Å². The van der Waals surface area contributed by atoms with Crippen LogP contribution >= 0.6 is 0 Å². The van der Waals surface area contributed by atoms with Crippen LogP contribution in [0.3, 0.4) is 0 Å². The van der Waals surface area contributed by atoms with Gasteiger partial charge in [-0.1, -0.05) is 37.3 Å². The van der Waals surface area contributed by atoms with E-state index in [0.29, 0.717) is 28.7 Å². The summed E-state index contributed by atoms with van der Waals surface area (Å²) in [5.41, 5.74) is 1.08. The third kappa shape index (κ3) is 2.68.